The molecule has 11 nitrogen and oxygen atoms in total. The van der Waals surface area contributed by atoms with Crippen molar-refractivity contribution in [3.05, 3.63) is 58.6 Å². The Morgan fingerprint density at radius 1 is 1.00 bits per heavy atom. The molecule has 0 aliphatic carbocycles. The Balaban J connectivity index is 2.26. The van der Waals surface area contributed by atoms with Crippen LogP contribution >= 0.6 is 11.5 Å². The summed E-state index contributed by atoms with van der Waals surface area (Å²) in [5.74, 6) is -0.468. The fraction of sp³-hybridized carbons (Fsp3) is 0.333. The van der Waals surface area contributed by atoms with Crippen LogP contribution in [-0.4, -0.2) is 50.0 Å². The largest absolute Gasteiger partial charge is 0.495 e. The lowest BCUT2D eigenvalue weighted by molar-refractivity contribution is -0.122. The number of amides is 3. The summed E-state index contributed by atoms with van der Waals surface area (Å²) in [5.41, 5.74) is 11.9. The second-order valence-corrected chi connectivity index (χ2v) is 9.75. The first-order chi connectivity index (χ1) is 18.6. The molecule has 12 heteroatoms. The van der Waals surface area contributed by atoms with Gasteiger partial charge in [0.15, 0.2) is 17.2 Å². The van der Waals surface area contributed by atoms with Gasteiger partial charge < -0.3 is 31.0 Å². The van der Waals surface area contributed by atoms with E-state index in [0.29, 0.717) is 41.0 Å². The Kier molecular flexibility index (Phi) is 9.72. The van der Waals surface area contributed by atoms with Gasteiger partial charge in [-0.2, -0.15) is 4.37 Å². The highest BCUT2D eigenvalue weighted by Crippen LogP contribution is 2.39. The number of methoxy groups -OCH3 is 3. The topological polar surface area (TPSA) is 159 Å². The Morgan fingerprint density at radius 2 is 1.67 bits per heavy atom. The number of hydrogen-bond acceptors (Lipinski definition) is 9. The van der Waals surface area contributed by atoms with Crippen LogP contribution in [0, 0.1) is 5.92 Å². The van der Waals surface area contributed by atoms with E-state index in [-0.39, 0.29) is 16.3 Å². The number of nitrogen functional groups attached to an aromatic ring is 1. The maximum Gasteiger partial charge on any atom is 0.273 e. The maximum absolute atomic E-state index is 14.2. The zero-order valence-electron chi connectivity index (χ0n) is 22.5. The standard InChI is InChI=1S/C27H33N5O6S/c1-15(2)12-13-30-26(34)23(16-10-11-19(37-4)20(14-16)38-5)32(17-8-6-7-9-18(17)36-3)27(35)24-21(28)22(25(29)33)31-39-24/h6-11,14-15,23H,12-13,28H2,1-5H3,(H2,29,33)(H,30,34)/t23-/m1/s1. The lowest BCUT2D eigenvalue weighted by atomic mass is 10.0. The second-order valence-electron chi connectivity index (χ2n) is 8.98. The summed E-state index contributed by atoms with van der Waals surface area (Å²) in [6, 6.07) is 10.5. The zero-order valence-corrected chi connectivity index (χ0v) is 23.3. The first kappa shape index (κ1) is 29.2. The Labute approximate surface area is 231 Å². The molecule has 39 heavy (non-hydrogen) atoms. The summed E-state index contributed by atoms with van der Waals surface area (Å²) < 4.78 is 20.4. The van der Waals surface area contributed by atoms with E-state index in [1.807, 2.05) is 13.8 Å². The molecule has 0 saturated carbocycles. The van der Waals surface area contributed by atoms with E-state index in [2.05, 4.69) is 9.69 Å². The van der Waals surface area contributed by atoms with E-state index < -0.39 is 23.8 Å². The number of carbonyl (C=O) groups is 3. The highest BCUT2D eigenvalue weighted by atomic mass is 32.1. The normalized spacial score (nSPS) is 11.5. The van der Waals surface area contributed by atoms with Gasteiger partial charge in [0.05, 0.1) is 32.7 Å². The van der Waals surface area contributed by atoms with Gasteiger partial charge >= 0.3 is 0 Å². The number of nitrogens with zero attached hydrogens (tertiary/aromatic N) is 2. The van der Waals surface area contributed by atoms with Gasteiger partial charge in [-0.15, -0.1) is 0 Å². The van der Waals surface area contributed by atoms with Crippen LogP contribution in [0.15, 0.2) is 42.5 Å². The Morgan fingerprint density at radius 3 is 2.26 bits per heavy atom. The number of primary amides is 1. The number of benzene rings is 2. The highest BCUT2D eigenvalue weighted by Gasteiger charge is 2.37. The minimum atomic E-state index is -1.20. The van der Waals surface area contributed by atoms with E-state index >= 15 is 0 Å². The zero-order chi connectivity index (χ0) is 28.7. The van der Waals surface area contributed by atoms with Crippen molar-refractivity contribution in [2.24, 2.45) is 11.7 Å². The molecule has 5 N–H and O–H groups in total. The second kappa shape index (κ2) is 13.0. The number of anilines is 2. The summed E-state index contributed by atoms with van der Waals surface area (Å²) in [4.78, 5) is 41.2. The highest BCUT2D eigenvalue weighted by molar-refractivity contribution is 7.09. The molecule has 3 amide bonds. The summed E-state index contributed by atoms with van der Waals surface area (Å²) in [6.07, 6.45) is 0.733. The number of aromatic nitrogens is 1. The van der Waals surface area contributed by atoms with Gasteiger partial charge in [0, 0.05) is 6.54 Å². The van der Waals surface area contributed by atoms with Crippen LogP contribution in [0.1, 0.15) is 52.0 Å². The quantitative estimate of drug-likeness (QED) is 0.307. The SMILES string of the molecule is COc1ccc([C@H](C(=O)NCCC(C)C)N(C(=O)c2snc(C(N)=O)c2N)c2ccccc2OC)cc1OC. The van der Waals surface area contributed by atoms with Crippen molar-refractivity contribution in [2.75, 3.05) is 38.5 Å². The first-order valence-corrected chi connectivity index (χ1v) is 12.9. The molecule has 0 aliphatic rings. The van der Waals surface area contributed by atoms with Crippen molar-refractivity contribution in [2.45, 2.75) is 26.3 Å². The number of rotatable bonds is 12. The van der Waals surface area contributed by atoms with Crippen LogP contribution in [0.5, 0.6) is 17.2 Å². The van der Waals surface area contributed by atoms with Crippen molar-refractivity contribution in [3.63, 3.8) is 0 Å². The molecule has 1 atom stereocenters. The van der Waals surface area contributed by atoms with Crippen molar-refractivity contribution < 1.29 is 28.6 Å². The fourth-order valence-electron chi connectivity index (χ4n) is 3.95. The molecule has 0 radical (unpaired) electrons. The predicted octanol–water partition coefficient (Wildman–Crippen LogP) is 3.40. The number of para-hydroxylation sites is 2. The molecule has 0 spiro atoms. The average Bonchev–Trinajstić information content (AvgIpc) is 3.32. The van der Waals surface area contributed by atoms with Gasteiger partial charge in [-0.3, -0.25) is 19.3 Å². The van der Waals surface area contributed by atoms with Crippen molar-refractivity contribution >= 4 is 40.6 Å². The van der Waals surface area contributed by atoms with E-state index in [4.69, 9.17) is 25.7 Å². The lowest BCUT2D eigenvalue weighted by Crippen LogP contribution is -2.44. The van der Waals surface area contributed by atoms with Crippen LogP contribution in [0.3, 0.4) is 0 Å². The van der Waals surface area contributed by atoms with Crippen LogP contribution in [0.2, 0.25) is 0 Å². The van der Waals surface area contributed by atoms with Gasteiger partial charge in [-0.05, 0) is 53.7 Å². The smallest absolute Gasteiger partial charge is 0.273 e. The number of nitrogens with one attached hydrogen (secondary N) is 1. The lowest BCUT2D eigenvalue weighted by Gasteiger charge is -2.32. The third-order valence-corrected chi connectivity index (χ3v) is 6.82. The van der Waals surface area contributed by atoms with Crippen molar-refractivity contribution in [1.29, 1.82) is 0 Å². The molecule has 1 heterocycles. The number of ether oxygens (including phenoxy) is 3. The molecule has 3 rings (SSSR count). The van der Waals surface area contributed by atoms with Crippen LogP contribution < -0.4 is 35.9 Å². The molecule has 0 fully saturated rings. The van der Waals surface area contributed by atoms with Gasteiger partial charge in [-0.1, -0.05) is 32.0 Å². The van der Waals surface area contributed by atoms with E-state index in [0.717, 1.165) is 18.0 Å². The maximum atomic E-state index is 14.2. The minimum absolute atomic E-state index is 0.0461. The summed E-state index contributed by atoms with van der Waals surface area (Å²) in [7, 11) is 4.44. The van der Waals surface area contributed by atoms with Crippen molar-refractivity contribution in [1.82, 2.24) is 9.69 Å². The monoisotopic (exact) mass is 555 g/mol. The molecule has 3 aromatic rings. The predicted molar refractivity (Wildman–Crippen MR) is 150 cm³/mol. The van der Waals surface area contributed by atoms with E-state index in [1.54, 1.807) is 42.5 Å². The number of carbonyl (C=O) groups excluding carboxylic acids is 3. The number of nitrogens with two attached hydrogens (primary N) is 2. The molecular weight excluding hydrogens is 522 g/mol. The molecule has 0 unspecified atom stereocenters. The van der Waals surface area contributed by atoms with Crippen molar-refractivity contribution in [3.8, 4) is 17.2 Å². The number of hydrogen-bond donors (Lipinski definition) is 3. The molecule has 0 bridgehead atoms. The van der Waals surface area contributed by atoms with Crippen LogP contribution in [-0.2, 0) is 4.79 Å². The molecule has 0 aliphatic heterocycles. The van der Waals surface area contributed by atoms with Gasteiger partial charge in [0.1, 0.15) is 16.7 Å². The molecule has 0 saturated heterocycles. The summed E-state index contributed by atoms with van der Waals surface area (Å²) in [6.45, 7) is 4.49. The van der Waals surface area contributed by atoms with Crippen LogP contribution in [0.25, 0.3) is 0 Å². The minimum Gasteiger partial charge on any atom is -0.495 e. The first-order valence-electron chi connectivity index (χ1n) is 12.2. The van der Waals surface area contributed by atoms with E-state index in [9.17, 15) is 14.4 Å². The fourth-order valence-corrected chi connectivity index (χ4v) is 4.70. The average molecular weight is 556 g/mol. The molecule has 1 aromatic heterocycles. The third kappa shape index (κ3) is 6.40. The Hall–Kier alpha value is -4.32. The molecule has 2 aromatic carbocycles. The summed E-state index contributed by atoms with van der Waals surface area (Å²) in [5, 5.41) is 2.95. The molecular formula is C27H33N5O6S. The third-order valence-electron chi connectivity index (χ3n) is 5.97. The summed E-state index contributed by atoms with van der Waals surface area (Å²) >= 11 is 0.725. The molecule has 208 valence electrons. The van der Waals surface area contributed by atoms with Gasteiger partial charge in [-0.25, -0.2) is 0 Å². The Bertz CT molecular complexity index is 1340. The van der Waals surface area contributed by atoms with E-state index in [1.165, 1.54) is 26.2 Å². The van der Waals surface area contributed by atoms with Crippen LogP contribution in [0.4, 0.5) is 11.4 Å². The van der Waals surface area contributed by atoms with Gasteiger partial charge in [0.2, 0.25) is 5.91 Å². The van der Waals surface area contributed by atoms with Gasteiger partial charge in [0.25, 0.3) is 11.8 Å².